The summed E-state index contributed by atoms with van der Waals surface area (Å²) in [7, 11) is 0. The van der Waals surface area contributed by atoms with Crippen molar-refractivity contribution in [2.45, 2.75) is 32.9 Å². The summed E-state index contributed by atoms with van der Waals surface area (Å²) in [6, 6.07) is 0. The summed E-state index contributed by atoms with van der Waals surface area (Å²) in [5.74, 6) is 0.696. The minimum atomic E-state index is -0.542. The number of unbranched alkanes of at least 4 members (excludes halogenated alkanes) is 1. The Morgan fingerprint density at radius 2 is 2.25 bits per heavy atom. The van der Waals surface area contributed by atoms with E-state index in [0.717, 1.165) is 12.8 Å². The van der Waals surface area contributed by atoms with E-state index in [1.165, 1.54) is 10.9 Å². The molecule has 0 unspecified atom stereocenters. The van der Waals surface area contributed by atoms with Crippen LogP contribution in [0.4, 0.5) is 11.5 Å². The molecule has 0 fully saturated rings. The summed E-state index contributed by atoms with van der Waals surface area (Å²) >= 11 is 0. The first-order chi connectivity index (χ1) is 9.63. The Hall–Kier alpha value is -2.58. The lowest BCUT2D eigenvalue weighted by atomic mass is 10.3. The van der Waals surface area contributed by atoms with Gasteiger partial charge in [-0.3, -0.25) is 19.4 Å². The molecular weight excluding hydrogens is 262 g/mol. The second kappa shape index (κ2) is 6.04. The zero-order chi connectivity index (χ0) is 14.5. The number of nitrogens with zero attached hydrogens (tertiary/aromatic N) is 3. The van der Waals surface area contributed by atoms with Gasteiger partial charge in [-0.15, -0.1) is 0 Å². The van der Waals surface area contributed by atoms with E-state index in [0.29, 0.717) is 12.4 Å². The standard InChI is InChI=1S/C11H17N7O2/c1-2-3-4-18-9(12)8(10(19)16-11(18)20)13-5-7-14-6-15-17-7/h6,13H,2-5,12H2,1H3,(H,14,15,17)(H,16,19,20). The number of nitrogens with two attached hydrogens (primary N) is 1. The van der Waals surface area contributed by atoms with Crippen LogP contribution < -0.4 is 22.3 Å². The van der Waals surface area contributed by atoms with Gasteiger partial charge in [-0.1, -0.05) is 13.3 Å². The summed E-state index contributed by atoms with van der Waals surface area (Å²) in [5.41, 5.74) is 5.03. The molecule has 0 atom stereocenters. The highest BCUT2D eigenvalue weighted by molar-refractivity contribution is 5.60. The van der Waals surface area contributed by atoms with Crippen LogP contribution in [0, 0.1) is 0 Å². The number of aromatic amines is 2. The lowest BCUT2D eigenvalue weighted by Gasteiger charge is -2.12. The Morgan fingerprint density at radius 3 is 2.90 bits per heavy atom. The normalized spacial score (nSPS) is 10.7. The molecular formula is C11H17N7O2. The van der Waals surface area contributed by atoms with Crippen molar-refractivity contribution in [2.75, 3.05) is 11.1 Å². The monoisotopic (exact) mass is 279 g/mol. The van der Waals surface area contributed by atoms with Crippen molar-refractivity contribution in [1.29, 1.82) is 0 Å². The van der Waals surface area contributed by atoms with Gasteiger partial charge in [0.05, 0.1) is 6.54 Å². The number of hydrogen-bond acceptors (Lipinski definition) is 6. The van der Waals surface area contributed by atoms with E-state index in [9.17, 15) is 9.59 Å². The topological polar surface area (TPSA) is 134 Å². The number of nitrogen functional groups attached to an aromatic ring is 1. The number of nitrogens with one attached hydrogen (secondary N) is 3. The molecule has 0 radical (unpaired) electrons. The SMILES string of the molecule is CCCCn1c(N)c(NCc2ncn[nH]2)c(=O)[nH]c1=O. The van der Waals surface area contributed by atoms with Gasteiger partial charge in [0.1, 0.15) is 23.7 Å². The molecule has 0 spiro atoms. The quantitative estimate of drug-likeness (QED) is 0.571. The van der Waals surface area contributed by atoms with Gasteiger partial charge in [0, 0.05) is 6.54 Å². The van der Waals surface area contributed by atoms with Crippen LogP contribution in [0.5, 0.6) is 0 Å². The summed E-state index contributed by atoms with van der Waals surface area (Å²) < 4.78 is 1.35. The molecule has 5 N–H and O–H groups in total. The molecule has 0 aliphatic heterocycles. The third-order valence-corrected chi connectivity index (χ3v) is 2.87. The van der Waals surface area contributed by atoms with Gasteiger partial charge in [-0.2, -0.15) is 5.10 Å². The second-order valence-electron chi connectivity index (χ2n) is 4.31. The van der Waals surface area contributed by atoms with E-state index < -0.39 is 11.2 Å². The highest BCUT2D eigenvalue weighted by atomic mass is 16.2. The Bertz CT molecular complexity index is 671. The molecule has 0 saturated heterocycles. The molecule has 9 heteroatoms. The van der Waals surface area contributed by atoms with Crippen LogP contribution in [0.1, 0.15) is 25.6 Å². The number of hydrogen-bond donors (Lipinski definition) is 4. The molecule has 0 aliphatic carbocycles. The molecule has 20 heavy (non-hydrogen) atoms. The Labute approximate surface area is 114 Å². The maximum atomic E-state index is 11.8. The Balaban J connectivity index is 2.27. The highest BCUT2D eigenvalue weighted by Gasteiger charge is 2.12. The first-order valence-corrected chi connectivity index (χ1v) is 6.34. The average Bonchev–Trinajstić information content (AvgIpc) is 2.91. The van der Waals surface area contributed by atoms with Crippen molar-refractivity contribution < 1.29 is 0 Å². The fraction of sp³-hybridized carbons (Fsp3) is 0.455. The minimum absolute atomic E-state index is 0.131. The van der Waals surface area contributed by atoms with E-state index in [1.54, 1.807) is 0 Å². The van der Waals surface area contributed by atoms with Crippen molar-refractivity contribution >= 4 is 11.5 Å². The van der Waals surface area contributed by atoms with Gasteiger partial charge in [0.25, 0.3) is 5.56 Å². The van der Waals surface area contributed by atoms with Crippen LogP contribution in [-0.2, 0) is 13.1 Å². The van der Waals surface area contributed by atoms with Gasteiger partial charge in [-0.25, -0.2) is 9.78 Å². The zero-order valence-corrected chi connectivity index (χ0v) is 11.1. The van der Waals surface area contributed by atoms with Crippen LogP contribution in [0.15, 0.2) is 15.9 Å². The van der Waals surface area contributed by atoms with E-state index in [2.05, 4.69) is 25.5 Å². The number of anilines is 2. The molecule has 0 aliphatic rings. The molecule has 9 nitrogen and oxygen atoms in total. The van der Waals surface area contributed by atoms with Crippen molar-refractivity contribution in [2.24, 2.45) is 0 Å². The smallest absolute Gasteiger partial charge is 0.330 e. The van der Waals surface area contributed by atoms with E-state index in [1.807, 2.05) is 6.92 Å². The second-order valence-corrected chi connectivity index (χ2v) is 4.31. The van der Waals surface area contributed by atoms with Crippen molar-refractivity contribution in [3.63, 3.8) is 0 Å². The zero-order valence-electron chi connectivity index (χ0n) is 11.1. The van der Waals surface area contributed by atoms with Crippen LogP contribution in [0.3, 0.4) is 0 Å². The summed E-state index contributed by atoms with van der Waals surface area (Å²) in [4.78, 5) is 29.7. The Kier molecular flexibility index (Phi) is 4.18. The largest absolute Gasteiger partial charge is 0.383 e. The van der Waals surface area contributed by atoms with Crippen LogP contribution in [0.2, 0.25) is 0 Å². The van der Waals surface area contributed by atoms with E-state index >= 15 is 0 Å². The lowest BCUT2D eigenvalue weighted by Crippen LogP contribution is -2.34. The van der Waals surface area contributed by atoms with Gasteiger partial charge >= 0.3 is 5.69 Å². The molecule has 0 saturated carbocycles. The number of H-pyrrole nitrogens is 2. The fourth-order valence-electron chi connectivity index (χ4n) is 1.78. The summed E-state index contributed by atoms with van der Waals surface area (Å²) in [5, 5.41) is 9.23. The predicted molar refractivity (Wildman–Crippen MR) is 74.4 cm³/mol. The van der Waals surface area contributed by atoms with Crippen LogP contribution >= 0.6 is 0 Å². The van der Waals surface area contributed by atoms with Crippen LogP contribution in [-0.4, -0.2) is 24.7 Å². The average molecular weight is 279 g/mol. The maximum Gasteiger partial charge on any atom is 0.330 e. The van der Waals surface area contributed by atoms with Gasteiger partial charge in [0.2, 0.25) is 0 Å². The Morgan fingerprint density at radius 1 is 1.45 bits per heavy atom. The number of aromatic nitrogens is 5. The molecule has 0 amide bonds. The van der Waals surface area contributed by atoms with Crippen LogP contribution in [0.25, 0.3) is 0 Å². The van der Waals surface area contributed by atoms with Crippen molar-refractivity contribution in [3.8, 4) is 0 Å². The molecule has 0 bridgehead atoms. The highest BCUT2D eigenvalue weighted by Crippen LogP contribution is 2.11. The third-order valence-electron chi connectivity index (χ3n) is 2.87. The van der Waals surface area contributed by atoms with Crippen molar-refractivity contribution in [1.82, 2.24) is 24.7 Å². The molecule has 2 rings (SSSR count). The van der Waals surface area contributed by atoms with Gasteiger partial charge in [-0.05, 0) is 6.42 Å². The van der Waals surface area contributed by atoms with E-state index in [-0.39, 0.29) is 18.1 Å². The van der Waals surface area contributed by atoms with Gasteiger partial charge in [0.15, 0.2) is 0 Å². The summed E-state index contributed by atoms with van der Waals surface area (Å²) in [6.45, 7) is 2.74. The van der Waals surface area contributed by atoms with Crippen molar-refractivity contribution in [3.05, 3.63) is 33.0 Å². The summed E-state index contributed by atoms with van der Waals surface area (Å²) in [6.07, 6.45) is 3.09. The fourth-order valence-corrected chi connectivity index (χ4v) is 1.78. The molecule has 2 aromatic rings. The third kappa shape index (κ3) is 2.87. The first kappa shape index (κ1) is 13.8. The maximum absolute atomic E-state index is 11.8. The van der Waals surface area contributed by atoms with Gasteiger partial charge < -0.3 is 11.1 Å². The first-order valence-electron chi connectivity index (χ1n) is 6.34. The molecule has 0 aromatic carbocycles. The minimum Gasteiger partial charge on any atom is -0.383 e. The lowest BCUT2D eigenvalue weighted by molar-refractivity contribution is 0.605. The molecule has 2 heterocycles. The predicted octanol–water partition coefficient (Wildman–Crippen LogP) is -0.351. The molecule has 108 valence electrons. The molecule has 2 aromatic heterocycles. The van der Waals surface area contributed by atoms with E-state index in [4.69, 9.17) is 5.73 Å². The number of rotatable bonds is 6.